The molecule has 1 rings (SSSR count). The number of rotatable bonds is 4. The molecule has 0 aliphatic carbocycles. The molecule has 0 saturated carbocycles. The molecule has 0 aliphatic heterocycles. The summed E-state index contributed by atoms with van der Waals surface area (Å²) in [5.41, 5.74) is 1.01. The Morgan fingerprint density at radius 2 is 2.14 bits per heavy atom. The van der Waals surface area contributed by atoms with Crippen LogP contribution in [0.3, 0.4) is 0 Å². The molecular formula is C10H14ClIN2. The Labute approximate surface area is 104 Å². The Morgan fingerprint density at radius 1 is 1.43 bits per heavy atom. The molecular weight excluding hydrogens is 310 g/mol. The second-order valence-corrected chi connectivity index (χ2v) is 5.01. The third-order valence-corrected chi connectivity index (χ3v) is 2.79. The predicted molar refractivity (Wildman–Crippen MR) is 71.2 cm³/mol. The number of likely N-dealkylation sites (N-methyl/N-ethyl adjacent to an activating group) is 1. The van der Waals surface area contributed by atoms with Gasteiger partial charge in [-0.15, -0.1) is 0 Å². The Hall–Kier alpha value is -0.0000000000000000555. The highest BCUT2D eigenvalue weighted by Crippen LogP contribution is 2.23. The first kappa shape index (κ1) is 12.1. The maximum Gasteiger partial charge on any atom is 0.0648 e. The van der Waals surface area contributed by atoms with Crippen LogP contribution in [0.2, 0.25) is 5.02 Å². The van der Waals surface area contributed by atoms with E-state index in [4.69, 9.17) is 11.6 Å². The fraction of sp³-hybridized carbons (Fsp3) is 0.400. The minimum Gasteiger partial charge on any atom is -0.383 e. The van der Waals surface area contributed by atoms with Crippen molar-refractivity contribution >= 4 is 39.9 Å². The molecule has 0 amide bonds. The molecule has 78 valence electrons. The third kappa shape index (κ3) is 4.02. The van der Waals surface area contributed by atoms with Crippen LogP contribution in [0.25, 0.3) is 0 Å². The second kappa shape index (κ2) is 5.78. The van der Waals surface area contributed by atoms with Gasteiger partial charge in [-0.05, 0) is 54.9 Å². The summed E-state index contributed by atoms with van der Waals surface area (Å²) in [6, 6.07) is 6.02. The molecule has 4 heteroatoms. The predicted octanol–water partition coefficient (Wildman–Crippen LogP) is 2.92. The van der Waals surface area contributed by atoms with E-state index in [0.717, 1.165) is 27.4 Å². The molecule has 0 spiro atoms. The van der Waals surface area contributed by atoms with Gasteiger partial charge in [-0.25, -0.2) is 0 Å². The average Bonchev–Trinajstić information content (AvgIpc) is 2.08. The Morgan fingerprint density at radius 3 is 2.71 bits per heavy atom. The summed E-state index contributed by atoms with van der Waals surface area (Å²) in [7, 11) is 4.11. The first-order chi connectivity index (χ1) is 6.59. The first-order valence-electron chi connectivity index (χ1n) is 4.43. The summed E-state index contributed by atoms with van der Waals surface area (Å²) in [5.74, 6) is 0. The summed E-state index contributed by atoms with van der Waals surface area (Å²) in [4.78, 5) is 2.13. The zero-order valence-corrected chi connectivity index (χ0v) is 11.3. The van der Waals surface area contributed by atoms with Gasteiger partial charge in [-0.1, -0.05) is 11.6 Å². The van der Waals surface area contributed by atoms with Crippen molar-refractivity contribution in [3.8, 4) is 0 Å². The van der Waals surface area contributed by atoms with Crippen molar-refractivity contribution < 1.29 is 0 Å². The van der Waals surface area contributed by atoms with Gasteiger partial charge < -0.3 is 10.2 Å². The summed E-state index contributed by atoms with van der Waals surface area (Å²) in [5, 5.41) is 4.08. The lowest BCUT2D eigenvalue weighted by Gasteiger charge is -2.12. The number of nitrogens with zero attached hydrogens (tertiary/aromatic N) is 1. The number of hydrogen-bond acceptors (Lipinski definition) is 2. The molecule has 0 bridgehead atoms. The van der Waals surface area contributed by atoms with Crippen LogP contribution in [0.5, 0.6) is 0 Å². The monoisotopic (exact) mass is 324 g/mol. The fourth-order valence-corrected chi connectivity index (χ4v) is 1.97. The van der Waals surface area contributed by atoms with Crippen molar-refractivity contribution in [3.05, 3.63) is 26.8 Å². The normalized spacial score (nSPS) is 10.6. The number of hydrogen-bond donors (Lipinski definition) is 1. The SMILES string of the molecule is CN(C)CCNc1ccc(I)cc1Cl. The summed E-state index contributed by atoms with van der Waals surface area (Å²) in [6.45, 7) is 1.91. The van der Waals surface area contributed by atoms with Crippen LogP contribution in [-0.4, -0.2) is 32.1 Å². The summed E-state index contributed by atoms with van der Waals surface area (Å²) >= 11 is 8.31. The highest BCUT2D eigenvalue weighted by atomic mass is 127. The number of anilines is 1. The molecule has 2 nitrogen and oxygen atoms in total. The van der Waals surface area contributed by atoms with Gasteiger partial charge in [0, 0.05) is 16.7 Å². The van der Waals surface area contributed by atoms with E-state index < -0.39 is 0 Å². The molecule has 0 aromatic heterocycles. The van der Waals surface area contributed by atoms with E-state index in [1.165, 1.54) is 0 Å². The van der Waals surface area contributed by atoms with E-state index in [1.54, 1.807) is 0 Å². The Kier molecular flexibility index (Phi) is 4.98. The smallest absolute Gasteiger partial charge is 0.0648 e. The van der Waals surface area contributed by atoms with Gasteiger partial charge in [0.1, 0.15) is 0 Å². The number of halogens is 2. The van der Waals surface area contributed by atoms with Gasteiger partial charge in [0.25, 0.3) is 0 Å². The molecule has 0 unspecified atom stereocenters. The van der Waals surface area contributed by atoms with Crippen molar-refractivity contribution in [1.82, 2.24) is 4.90 Å². The number of benzene rings is 1. The summed E-state index contributed by atoms with van der Waals surface area (Å²) < 4.78 is 1.16. The molecule has 1 aromatic rings. The number of nitrogens with one attached hydrogen (secondary N) is 1. The van der Waals surface area contributed by atoms with Crippen molar-refractivity contribution in [2.75, 3.05) is 32.5 Å². The molecule has 0 heterocycles. The maximum atomic E-state index is 6.06. The molecule has 14 heavy (non-hydrogen) atoms. The minimum atomic E-state index is 0.788. The van der Waals surface area contributed by atoms with Gasteiger partial charge in [0.2, 0.25) is 0 Å². The van der Waals surface area contributed by atoms with Crippen LogP contribution in [-0.2, 0) is 0 Å². The lowest BCUT2D eigenvalue weighted by Crippen LogP contribution is -2.20. The van der Waals surface area contributed by atoms with E-state index in [0.29, 0.717) is 0 Å². The van der Waals surface area contributed by atoms with Crippen LogP contribution in [0.15, 0.2) is 18.2 Å². The van der Waals surface area contributed by atoms with Crippen LogP contribution in [0.1, 0.15) is 0 Å². The molecule has 0 radical (unpaired) electrons. The molecule has 0 fully saturated rings. The van der Waals surface area contributed by atoms with Gasteiger partial charge in [-0.2, -0.15) is 0 Å². The molecule has 0 atom stereocenters. The lowest BCUT2D eigenvalue weighted by atomic mass is 10.3. The van der Waals surface area contributed by atoms with Crippen LogP contribution < -0.4 is 5.32 Å². The van der Waals surface area contributed by atoms with Gasteiger partial charge in [0.15, 0.2) is 0 Å². The average molecular weight is 325 g/mol. The Bertz CT molecular complexity index is 302. The van der Waals surface area contributed by atoms with Crippen LogP contribution in [0.4, 0.5) is 5.69 Å². The molecule has 0 saturated heterocycles. The second-order valence-electron chi connectivity index (χ2n) is 3.35. The molecule has 1 N–H and O–H groups in total. The summed E-state index contributed by atoms with van der Waals surface area (Å²) in [6.07, 6.45) is 0. The zero-order valence-electron chi connectivity index (χ0n) is 8.35. The lowest BCUT2D eigenvalue weighted by molar-refractivity contribution is 0.425. The highest BCUT2D eigenvalue weighted by Gasteiger charge is 1.99. The third-order valence-electron chi connectivity index (χ3n) is 1.81. The highest BCUT2D eigenvalue weighted by molar-refractivity contribution is 14.1. The van der Waals surface area contributed by atoms with Crippen LogP contribution in [0, 0.1) is 3.57 Å². The van der Waals surface area contributed by atoms with Crippen molar-refractivity contribution in [2.45, 2.75) is 0 Å². The van der Waals surface area contributed by atoms with Crippen LogP contribution >= 0.6 is 34.2 Å². The largest absolute Gasteiger partial charge is 0.383 e. The molecule has 1 aromatic carbocycles. The van der Waals surface area contributed by atoms with E-state index in [1.807, 2.05) is 18.2 Å². The van der Waals surface area contributed by atoms with E-state index in [-0.39, 0.29) is 0 Å². The van der Waals surface area contributed by atoms with Crippen molar-refractivity contribution in [2.24, 2.45) is 0 Å². The van der Waals surface area contributed by atoms with Crippen molar-refractivity contribution in [1.29, 1.82) is 0 Å². The maximum absolute atomic E-state index is 6.06. The fourth-order valence-electron chi connectivity index (χ4n) is 1.05. The van der Waals surface area contributed by atoms with E-state index >= 15 is 0 Å². The van der Waals surface area contributed by atoms with Gasteiger partial charge in [-0.3, -0.25) is 0 Å². The van der Waals surface area contributed by atoms with E-state index in [9.17, 15) is 0 Å². The van der Waals surface area contributed by atoms with Gasteiger partial charge >= 0.3 is 0 Å². The standard InChI is InChI=1S/C10H14ClIN2/c1-14(2)6-5-13-10-4-3-8(12)7-9(10)11/h3-4,7,13H,5-6H2,1-2H3. The first-order valence-corrected chi connectivity index (χ1v) is 5.89. The minimum absolute atomic E-state index is 0.788. The Balaban J connectivity index is 2.51. The van der Waals surface area contributed by atoms with Gasteiger partial charge in [0.05, 0.1) is 10.7 Å². The topological polar surface area (TPSA) is 15.3 Å². The van der Waals surface area contributed by atoms with E-state index in [2.05, 4.69) is 46.9 Å². The zero-order chi connectivity index (χ0) is 10.6. The quantitative estimate of drug-likeness (QED) is 0.857. The molecule has 0 aliphatic rings. The van der Waals surface area contributed by atoms with Crippen molar-refractivity contribution in [3.63, 3.8) is 0 Å².